The van der Waals surface area contributed by atoms with Crippen LogP contribution in [0.4, 0.5) is 5.69 Å². The summed E-state index contributed by atoms with van der Waals surface area (Å²) in [7, 11) is -1.61. The van der Waals surface area contributed by atoms with Crippen molar-refractivity contribution in [1.29, 1.82) is 0 Å². The highest BCUT2D eigenvalue weighted by Crippen LogP contribution is 2.28. The molecule has 0 radical (unpaired) electrons. The molecule has 2 heterocycles. The molecule has 0 atom stereocenters. The number of anilines is 1. The van der Waals surface area contributed by atoms with Crippen LogP contribution in [0.2, 0.25) is 0 Å². The maximum Gasteiger partial charge on any atom is 0.271 e. The molecular weight excluding hydrogens is 288 g/mol. The van der Waals surface area contributed by atoms with Crippen molar-refractivity contribution < 1.29 is 8.42 Å². The minimum atomic E-state index is -3.46. The monoisotopic (exact) mass is 302 g/mol. The summed E-state index contributed by atoms with van der Waals surface area (Å²) in [6.07, 6.45) is 0. The van der Waals surface area contributed by atoms with Crippen molar-refractivity contribution in [3.63, 3.8) is 0 Å². The molecule has 0 saturated heterocycles. The van der Waals surface area contributed by atoms with Crippen LogP contribution >= 0.6 is 22.7 Å². The standard InChI is InChI=1S/C11H14N2O2S3/c1-8-5-11(17-10(8)6-12-2)18(14,15)13-9-3-4-16-7-9/h3-5,7,12-13H,6H2,1-2H3. The van der Waals surface area contributed by atoms with Gasteiger partial charge in [0.25, 0.3) is 10.0 Å². The Hall–Kier alpha value is -0.890. The fraction of sp³-hybridized carbons (Fsp3) is 0.273. The van der Waals surface area contributed by atoms with E-state index >= 15 is 0 Å². The zero-order valence-electron chi connectivity index (χ0n) is 10.1. The molecule has 0 aliphatic carbocycles. The van der Waals surface area contributed by atoms with Gasteiger partial charge in [-0.15, -0.1) is 11.3 Å². The average Bonchev–Trinajstić information content (AvgIpc) is 2.90. The molecular formula is C11H14N2O2S3. The normalized spacial score (nSPS) is 11.7. The molecule has 2 aromatic rings. The minimum Gasteiger partial charge on any atom is -0.315 e. The molecule has 2 rings (SSSR count). The zero-order valence-corrected chi connectivity index (χ0v) is 12.5. The lowest BCUT2D eigenvalue weighted by atomic mass is 10.3. The number of nitrogens with one attached hydrogen (secondary N) is 2. The first-order valence-electron chi connectivity index (χ1n) is 5.32. The summed E-state index contributed by atoms with van der Waals surface area (Å²) in [6, 6.07) is 3.46. The summed E-state index contributed by atoms with van der Waals surface area (Å²) in [6.45, 7) is 2.61. The van der Waals surface area contributed by atoms with Gasteiger partial charge in [-0.25, -0.2) is 8.42 Å². The van der Waals surface area contributed by atoms with Crippen LogP contribution in [0, 0.1) is 6.92 Å². The molecule has 0 unspecified atom stereocenters. The summed E-state index contributed by atoms with van der Waals surface area (Å²) in [5.41, 5.74) is 1.61. The molecule has 0 fully saturated rings. The topological polar surface area (TPSA) is 58.2 Å². The maximum absolute atomic E-state index is 12.2. The lowest BCUT2D eigenvalue weighted by molar-refractivity contribution is 0.603. The van der Waals surface area contributed by atoms with Crippen molar-refractivity contribution in [3.05, 3.63) is 33.3 Å². The highest BCUT2D eigenvalue weighted by molar-refractivity contribution is 7.94. The van der Waals surface area contributed by atoms with E-state index in [1.807, 2.05) is 19.4 Å². The fourth-order valence-electron chi connectivity index (χ4n) is 1.49. The number of sulfonamides is 1. The SMILES string of the molecule is CNCc1sc(S(=O)(=O)Nc2ccsc2)cc1C. The number of aryl methyl sites for hydroxylation is 1. The van der Waals surface area contributed by atoms with E-state index < -0.39 is 10.0 Å². The van der Waals surface area contributed by atoms with Crippen molar-refractivity contribution in [2.45, 2.75) is 17.7 Å². The molecule has 0 aromatic carbocycles. The van der Waals surface area contributed by atoms with E-state index in [1.165, 1.54) is 22.7 Å². The second-order valence-electron chi connectivity index (χ2n) is 3.82. The quantitative estimate of drug-likeness (QED) is 0.892. The number of hydrogen-bond acceptors (Lipinski definition) is 5. The first-order valence-corrected chi connectivity index (χ1v) is 8.56. The van der Waals surface area contributed by atoms with Crippen LogP contribution in [0.3, 0.4) is 0 Å². The van der Waals surface area contributed by atoms with Crippen molar-refractivity contribution in [3.8, 4) is 0 Å². The van der Waals surface area contributed by atoms with Gasteiger partial charge < -0.3 is 5.32 Å². The van der Waals surface area contributed by atoms with E-state index in [0.717, 1.165) is 10.4 Å². The van der Waals surface area contributed by atoms with Gasteiger partial charge in [-0.1, -0.05) is 0 Å². The molecule has 0 bridgehead atoms. The first kappa shape index (κ1) is 13.5. The molecule has 7 heteroatoms. The molecule has 2 N–H and O–H groups in total. The van der Waals surface area contributed by atoms with Gasteiger partial charge >= 0.3 is 0 Å². The molecule has 98 valence electrons. The van der Waals surface area contributed by atoms with E-state index in [9.17, 15) is 8.42 Å². The molecule has 0 amide bonds. The molecule has 0 aliphatic rings. The van der Waals surface area contributed by atoms with Crippen molar-refractivity contribution in [1.82, 2.24) is 5.32 Å². The summed E-state index contributed by atoms with van der Waals surface area (Å²) in [5.74, 6) is 0. The Morgan fingerprint density at radius 3 is 2.78 bits per heavy atom. The van der Waals surface area contributed by atoms with Crippen LogP contribution in [0.25, 0.3) is 0 Å². The van der Waals surface area contributed by atoms with Gasteiger partial charge in [0.05, 0.1) is 5.69 Å². The number of thiophene rings is 2. The Balaban J connectivity index is 2.27. The largest absolute Gasteiger partial charge is 0.315 e. The summed E-state index contributed by atoms with van der Waals surface area (Å²) in [5, 5.41) is 6.64. The molecule has 18 heavy (non-hydrogen) atoms. The van der Waals surface area contributed by atoms with Gasteiger partial charge in [0.1, 0.15) is 4.21 Å². The van der Waals surface area contributed by atoms with Gasteiger partial charge in [-0.3, -0.25) is 4.72 Å². The van der Waals surface area contributed by atoms with Gasteiger partial charge in [0.15, 0.2) is 0 Å². The predicted octanol–water partition coefficient (Wildman–Crippen LogP) is 2.64. The summed E-state index contributed by atoms with van der Waals surface area (Å²) in [4.78, 5) is 1.04. The Morgan fingerprint density at radius 1 is 1.39 bits per heavy atom. The zero-order chi connectivity index (χ0) is 13.2. The second kappa shape index (κ2) is 5.40. The fourth-order valence-corrected chi connectivity index (χ4v) is 4.80. The van der Waals surface area contributed by atoms with Crippen molar-refractivity contribution in [2.24, 2.45) is 0 Å². The van der Waals surface area contributed by atoms with E-state index in [1.54, 1.807) is 17.5 Å². The number of hydrogen-bond donors (Lipinski definition) is 2. The smallest absolute Gasteiger partial charge is 0.271 e. The molecule has 4 nitrogen and oxygen atoms in total. The Morgan fingerprint density at radius 2 is 2.17 bits per heavy atom. The van der Waals surface area contributed by atoms with Crippen LogP contribution in [0.1, 0.15) is 10.4 Å². The molecule has 0 saturated carbocycles. The van der Waals surface area contributed by atoms with Crippen LogP contribution in [0.5, 0.6) is 0 Å². The predicted molar refractivity (Wildman–Crippen MR) is 76.9 cm³/mol. The van der Waals surface area contributed by atoms with E-state index in [0.29, 0.717) is 16.4 Å². The third kappa shape index (κ3) is 2.92. The first-order chi connectivity index (χ1) is 8.53. The van der Waals surface area contributed by atoms with Gasteiger partial charge in [0.2, 0.25) is 0 Å². The van der Waals surface area contributed by atoms with Crippen LogP contribution in [0.15, 0.2) is 27.1 Å². The van der Waals surface area contributed by atoms with E-state index in [4.69, 9.17) is 0 Å². The molecule has 0 aliphatic heterocycles. The summed E-state index contributed by atoms with van der Waals surface area (Å²) >= 11 is 2.76. The minimum absolute atomic E-state index is 0.358. The maximum atomic E-state index is 12.2. The van der Waals surface area contributed by atoms with Gasteiger partial charge in [-0.05, 0) is 37.0 Å². The molecule has 2 aromatic heterocycles. The van der Waals surface area contributed by atoms with E-state index in [2.05, 4.69) is 10.0 Å². The highest BCUT2D eigenvalue weighted by atomic mass is 32.2. The lowest BCUT2D eigenvalue weighted by Gasteiger charge is -2.02. The Bertz CT molecular complexity index is 615. The van der Waals surface area contributed by atoms with Crippen molar-refractivity contribution >= 4 is 38.4 Å². The highest BCUT2D eigenvalue weighted by Gasteiger charge is 2.18. The van der Waals surface area contributed by atoms with Crippen LogP contribution in [-0.4, -0.2) is 15.5 Å². The van der Waals surface area contributed by atoms with Crippen LogP contribution < -0.4 is 10.0 Å². The average molecular weight is 302 g/mol. The van der Waals surface area contributed by atoms with Gasteiger partial charge in [-0.2, -0.15) is 11.3 Å². The Kier molecular flexibility index (Phi) is 4.06. The summed E-state index contributed by atoms with van der Waals surface area (Å²) < 4.78 is 27.2. The van der Waals surface area contributed by atoms with E-state index in [-0.39, 0.29) is 0 Å². The van der Waals surface area contributed by atoms with Gasteiger partial charge in [0, 0.05) is 16.8 Å². The third-order valence-corrected chi connectivity index (χ3v) is 6.15. The molecule has 0 spiro atoms. The van der Waals surface area contributed by atoms with Crippen molar-refractivity contribution in [2.75, 3.05) is 11.8 Å². The third-order valence-electron chi connectivity index (χ3n) is 2.37. The lowest BCUT2D eigenvalue weighted by Crippen LogP contribution is -2.10. The number of rotatable bonds is 5. The second-order valence-corrected chi connectivity index (χ2v) is 7.65. The Labute approximate surface area is 115 Å². The van der Waals surface area contributed by atoms with Crippen LogP contribution in [-0.2, 0) is 16.6 Å².